The summed E-state index contributed by atoms with van der Waals surface area (Å²) in [5, 5.41) is 7.82. The second-order valence-corrected chi connectivity index (χ2v) is 11.0. The summed E-state index contributed by atoms with van der Waals surface area (Å²) in [4.78, 5) is 29.5. The molecule has 2 aliphatic rings. The zero-order valence-corrected chi connectivity index (χ0v) is 24.3. The van der Waals surface area contributed by atoms with Gasteiger partial charge in [0.25, 0.3) is 5.91 Å². The van der Waals surface area contributed by atoms with Crippen molar-refractivity contribution < 1.29 is 28.2 Å². The summed E-state index contributed by atoms with van der Waals surface area (Å²) in [6.07, 6.45) is 1.15. The minimum Gasteiger partial charge on any atom is -0.496 e. The number of ether oxygens (including phenoxy) is 3. The van der Waals surface area contributed by atoms with E-state index in [0.717, 1.165) is 20.8 Å². The lowest BCUT2D eigenvalue weighted by Gasteiger charge is -2.41. The van der Waals surface area contributed by atoms with Crippen LogP contribution in [0.5, 0.6) is 11.5 Å². The molecule has 2 amide bonds. The summed E-state index contributed by atoms with van der Waals surface area (Å²) in [5.74, 6) is -0.715. The van der Waals surface area contributed by atoms with Crippen molar-refractivity contribution in [2.45, 2.75) is 50.4 Å². The molecule has 2 heterocycles. The van der Waals surface area contributed by atoms with Crippen LogP contribution in [-0.2, 0) is 20.9 Å². The second-order valence-electron chi connectivity index (χ2n) is 10.1. The number of hydrogen-bond donors (Lipinski definition) is 2. The average molecular weight is 615 g/mol. The van der Waals surface area contributed by atoms with Gasteiger partial charge in [-0.2, -0.15) is 0 Å². The number of halogens is 2. The number of nitrogens with zero attached hydrogens (tertiary/aromatic N) is 1. The molecule has 2 aliphatic heterocycles. The molecule has 1 unspecified atom stereocenters. The molecule has 0 radical (unpaired) electrons. The van der Waals surface area contributed by atoms with Crippen LogP contribution in [-0.4, -0.2) is 56.9 Å². The van der Waals surface area contributed by atoms with Crippen molar-refractivity contribution in [1.29, 1.82) is 0 Å². The van der Waals surface area contributed by atoms with E-state index < -0.39 is 23.5 Å². The topological polar surface area (TPSA) is 89.1 Å². The zero-order valence-electron chi connectivity index (χ0n) is 22.8. The first-order valence-corrected chi connectivity index (χ1v) is 14.2. The lowest BCUT2D eigenvalue weighted by molar-refractivity contribution is -0.138. The van der Waals surface area contributed by atoms with Crippen LogP contribution in [0.15, 0.2) is 53.0 Å². The van der Waals surface area contributed by atoms with Gasteiger partial charge in [0.05, 0.1) is 38.6 Å². The minimum atomic E-state index is -1.18. The van der Waals surface area contributed by atoms with E-state index in [1.165, 1.54) is 11.0 Å². The molecule has 1 saturated heterocycles. The number of amides is 2. The molecule has 5 rings (SSSR count). The number of carbonyl (C=O) groups excluding carboxylic acids is 2. The van der Waals surface area contributed by atoms with Crippen molar-refractivity contribution in [2.24, 2.45) is 0 Å². The SMILES string of the molecule is CCC(NC)C(=O)N[C@@H]1C(=O)N(Cc2c(OC)ccc3cc(Br)ccc23)c2cccc(F)c2OC12CCOCC2. The van der Waals surface area contributed by atoms with Gasteiger partial charge in [0, 0.05) is 22.9 Å². The third kappa shape index (κ3) is 5.15. The standard InChI is InChI=1S/C30H33BrFN3O5/c1-4-23(33-2)28(36)34-27-29(37)35(17-21-20-10-9-19(31)16-18(20)8-11-25(21)38-3)24-7-5-6-22(32)26(24)40-30(27)12-14-39-15-13-30/h5-11,16,23,27,33H,4,12-15,17H2,1-3H3,(H,34,36)/t23?,27-/m1/s1. The monoisotopic (exact) mass is 613 g/mol. The van der Waals surface area contributed by atoms with Gasteiger partial charge >= 0.3 is 0 Å². The van der Waals surface area contributed by atoms with Crippen LogP contribution in [0, 0.1) is 5.82 Å². The van der Waals surface area contributed by atoms with Crippen LogP contribution in [0.3, 0.4) is 0 Å². The lowest BCUT2D eigenvalue weighted by Crippen LogP contribution is -2.65. The molecule has 1 fully saturated rings. The Morgan fingerprint density at radius 1 is 1.23 bits per heavy atom. The maximum atomic E-state index is 15.5. The van der Waals surface area contributed by atoms with Crippen molar-refractivity contribution in [1.82, 2.24) is 10.6 Å². The fraction of sp³-hybridized carbons (Fsp3) is 0.400. The van der Waals surface area contributed by atoms with E-state index in [2.05, 4.69) is 26.6 Å². The quantitative estimate of drug-likeness (QED) is 0.401. The first kappa shape index (κ1) is 28.3. The van der Waals surface area contributed by atoms with E-state index in [-0.39, 0.29) is 24.1 Å². The molecule has 40 heavy (non-hydrogen) atoms. The Kier molecular flexibility index (Phi) is 8.30. The average Bonchev–Trinajstić information content (AvgIpc) is 3.04. The van der Waals surface area contributed by atoms with Crippen LogP contribution in [0.25, 0.3) is 10.8 Å². The van der Waals surface area contributed by atoms with Gasteiger partial charge in [-0.15, -0.1) is 0 Å². The molecule has 10 heteroatoms. The Balaban J connectivity index is 1.67. The van der Waals surface area contributed by atoms with Gasteiger partial charge in [0.2, 0.25) is 5.91 Å². The van der Waals surface area contributed by atoms with Gasteiger partial charge in [0.1, 0.15) is 17.4 Å². The third-order valence-corrected chi connectivity index (χ3v) is 8.36. The van der Waals surface area contributed by atoms with Crippen molar-refractivity contribution >= 4 is 44.2 Å². The molecule has 212 valence electrons. The van der Waals surface area contributed by atoms with Crippen molar-refractivity contribution in [3.63, 3.8) is 0 Å². The Morgan fingerprint density at radius 3 is 2.70 bits per heavy atom. The Labute approximate surface area is 241 Å². The van der Waals surface area contributed by atoms with Gasteiger partial charge in [-0.25, -0.2) is 4.39 Å². The highest BCUT2D eigenvalue weighted by Gasteiger charge is 2.52. The first-order valence-electron chi connectivity index (χ1n) is 13.4. The molecule has 3 aromatic carbocycles. The largest absolute Gasteiger partial charge is 0.496 e. The van der Waals surface area contributed by atoms with Crippen molar-refractivity contribution in [3.05, 3.63) is 64.4 Å². The first-order chi connectivity index (χ1) is 19.3. The summed E-state index contributed by atoms with van der Waals surface area (Å²) in [5.41, 5.74) is -0.133. The highest BCUT2D eigenvalue weighted by molar-refractivity contribution is 9.10. The molecule has 0 bridgehead atoms. The number of methoxy groups -OCH3 is 1. The van der Waals surface area contributed by atoms with E-state index in [1.807, 2.05) is 37.3 Å². The maximum absolute atomic E-state index is 15.5. The highest BCUT2D eigenvalue weighted by atomic mass is 79.9. The van der Waals surface area contributed by atoms with Gasteiger partial charge in [-0.3, -0.25) is 9.59 Å². The van der Waals surface area contributed by atoms with Gasteiger partial charge in [0.15, 0.2) is 11.6 Å². The maximum Gasteiger partial charge on any atom is 0.254 e. The van der Waals surface area contributed by atoms with E-state index >= 15 is 4.39 Å². The fourth-order valence-corrected chi connectivity index (χ4v) is 6.04. The number of para-hydroxylation sites is 1. The fourth-order valence-electron chi connectivity index (χ4n) is 5.66. The Bertz CT molecular complexity index is 1420. The van der Waals surface area contributed by atoms with Crippen molar-refractivity contribution in [3.8, 4) is 11.5 Å². The molecule has 2 atom stereocenters. The molecular formula is C30H33BrFN3O5. The van der Waals surface area contributed by atoms with E-state index in [0.29, 0.717) is 43.9 Å². The smallest absolute Gasteiger partial charge is 0.254 e. The van der Waals surface area contributed by atoms with Crippen LogP contribution in [0.2, 0.25) is 0 Å². The molecule has 1 spiro atoms. The molecule has 0 aromatic heterocycles. The highest BCUT2D eigenvalue weighted by Crippen LogP contribution is 2.44. The molecular weight excluding hydrogens is 581 g/mol. The number of fused-ring (bicyclic) bond motifs is 2. The minimum absolute atomic E-state index is 0.0166. The lowest BCUT2D eigenvalue weighted by atomic mass is 9.84. The summed E-state index contributed by atoms with van der Waals surface area (Å²) in [6.45, 7) is 2.60. The van der Waals surface area contributed by atoms with Gasteiger partial charge in [-0.1, -0.05) is 41.1 Å². The van der Waals surface area contributed by atoms with Crippen LogP contribution >= 0.6 is 15.9 Å². The number of rotatable bonds is 7. The summed E-state index contributed by atoms with van der Waals surface area (Å²) < 4.78 is 34.2. The van der Waals surface area contributed by atoms with E-state index in [9.17, 15) is 9.59 Å². The molecule has 8 nitrogen and oxygen atoms in total. The van der Waals surface area contributed by atoms with Crippen molar-refractivity contribution in [2.75, 3.05) is 32.3 Å². The Morgan fingerprint density at radius 2 is 2.00 bits per heavy atom. The second kappa shape index (κ2) is 11.7. The predicted molar refractivity (Wildman–Crippen MR) is 154 cm³/mol. The molecule has 2 N–H and O–H groups in total. The molecule has 3 aromatic rings. The Hall–Kier alpha value is -3.21. The van der Waals surface area contributed by atoms with Crippen LogP contribution < -0.4 is 25.0 Å². The summed E-state index contributed by atoms with van der Waals surface area (Å²) >= 11 is 3.53. The predicted octanol–water partition coefficient (Wildman–Crippen LogP) is 4.71. The zero-order chi connectivity index (χ0) is 28.4. The number of benzene rings is 3. The van der Waals surface area contributed by atoms with E-state index in [4.69, 9.17) is 14.2 Å². The molecule has 0 saturated carbocycles. The van der Waals surface area contributed by atoms with E-state index in [1.54, 1.807) is 26.3 Å². The number of anilines is 1. The summed E-state index contributed by atoms with van der Waals surface area (Å²) in [7, 11) is 3.28. The number of nitrogens with one attached hydrogen (secondary N) is 2. The third-order valence-electron chi connectivity index (χ3n) is 7.87. The summed E-state index contributed by atoms with van der Waals surface area (Å²) in [6, 6.07) is 12.6. The number of hydrogen-bond acceptors (Lipinski definition) is 6. The number of carbonyl (C=O) groups is 2. The van der Waals surface area contributed by atoms with Crippen LogP contribution in [0.1, 0.15) is 31.7 Å². The van der Waals surface area contributed by atoms with Gasteiger partial charge in [-0.05, 0) is 54.6 Å². The molecule has 0 aliphatic carbocycles. The van der Waals surface area contributed by atoms with Crippen LogP contribution in [0.4, 0.5) is 10.1 Å². The number of likely N-dealkylation sites (N-methyl/N-ethyl adjacent to an activating group) is 1. The normalized spacial score (nSPS) is 19.1. The van der Waals surface area contributed by atoms with Gasteiger partial charge < -0.3 is 29.7 Å².